The van der Waals surface area contributed by atoms with Crippen molar-refractivity contribution in [2.75, 3.05) is 5.48 Å². The number of benzene rings is 2. The number of aryl methyl sites for hydroxylation is 2. The summed E-state index contributed by atoms with van der Waals surface area (Å²) >= 11 is 0. The van der Waals surface area contributed by atoms with E-state index >= 15 is 0 Å². The number of nitrogens with one attached hydrogen (secondary N) is 1. The van der Waals surface area contributed by atoms with Gasteiger partial charge in [0.1, 0.15) is 0 Å². The molecule has 0 unspecified atom stereocenters. The molecule has 104 valence electrons. The quantitative estimate of drug-likeness (QED) is 0.806. The van der Waals surface area contributed by atoms with E-state index in [2.05, 4.69) is 49.7 Å². The van der Waals surface area contributed by atoms with E-state index in [1.165, 1.54) is 35.1 Å². The summed E-state index contributed by atoms with van der Waals surface area (Å²) in [5, 5.41) is 9.36. The second-order valence-corrected chi connectivity index (χ2v) is 6.11. The van der Waals surface area contributed by atoms with Crippen molar-refractivity contribution in [3.8, 4) is 0 Å². The zero-order chi connectivity index (χ0) is 14.2. The van der Waals surface area contributed by atoms with Gasteiger partial charge >= 0.3 is 0 Å². The van der Waals surface area contributed by atoms with Gasteiger partial charge in [0.05, 0.1) is 5.69 Å². The second kappa shape index (κ2) is 4.95. The van der Waals surface area contributed by atoms with Gasteiger partial charge in [0.15, 0.2) is 0 Å². The van der Waals surface area contributed by atoms with Gasteiger partial charge in [-0.3, -0.25) is 10.7 Å². The van der Waals surface area contributed by atoms with Crippen LogP contribution in [0.15, 0.2) is 42.5 Å². The molecule has 0 saturated heterocycles. The third kappa shape index (κ3) is 2.44. The fourth-order valence-electron chi connectivity index (χ4n) is 3.10. The summed E-state index contributed by atoms with van der Waals surface area (Å²) in [7, 11) is 0. The Hall–Kier alpha value is -1.80. The largest absolute Gasteiger partial charge is 0.291 e. The molecule has 1 aliphatic rings. The first-order chi connectivity index (χ1) is 9.63. The van der Waals surface area contributed by atoms with Gasteiger partial charge in [-0.1, -0.05) is 47.5 Å². The van der Waals surface area contributed by atoms with Crippen LogP contribution in [0.4, 0.5) is 5.69 Å². The molecule has 0 aromatic heterocycles. The highest BCUT2D eigenvalue weighted by molar-refractivity contribution is 5.57. The van der Waals surface area contributed by atoms with Gasteiger partial charge in [0.25, 0.3) is 0 Å². The van der Waals surface area contributed by atoms with E-state index < -0.39 is 0 Å². The normalized spacial score (nSPS) is 15.9. The molecular weight excluding hydrogens is 246 g/mol. The summed E-state index contributed by atoms with van der Waals surface area (Å²) in [6.07, 6.45) is 3.44. The van der Waals surface area contributed by atoms with Crippen molar-refractivity contribution < 1.29 is 5.21 Å². The predicted molar refractivity (Wildman–Crippen MR) is 82.4 cm³/mol. The molecule has 20 heavy (non-hydrogen) atoms. The minimum absolute atomic E-state index is 0.199. The zero-order valence-corrected chi connectivity index (χ0v) is 12.1. The van der Waals surface area contributed by atoms with E-state index in [1.54, 1.807) is 0 Å². The molecule has 2 aromatic rings. The predicted octanol–water partition coefficient (Wildman–Crippen LogP) is 4.38. The lowest BCUT2D eigenvalue weighted by atomic mass is 9.86. The molecule has 0 heterocycles. The first-order valence-corrected chi connectivity index (χ1v) is 7.20. The molecule has 1 saturated carbocycles. The molecule has 0 amide bonds. The fraction of sp³-hybridized carbons (Fsp3) is 0.333. The first-order valence-electron chi connectivity index (χ1n) is 7.20. The maximum atomic E-state index is 9.36. The van der Waals surface area contributed by atoms with E-state index in [-0.39, 0.29) is 5.41 Å². The Kier molecular flexibility index (Phi) is 3.27. The van der Waals surface area contributed by atoms with E-state index in [0.29, 0.717) is 0 Å². The molecule has 0 radical (unpaired) electrons. The molecule has 3 rings (SSSR count). The van der Waals surface area contributed by atoms with E-state index in [4.69, 9.17) is 0 Å². The van der Waals surface area contributed by atoms with Crippen molar-refractivity contribution in [3.63, 3.8) is 0 Å². The number of hydrogen-bond donors (Lipinski definition) is 2. The molecule has 0 spiro atoms. The summed E-state index contributed by atoms with van der Waals surface area (Å²) in [6.45, 7) is 4.24. The molecule has 0 bridgehead atoms. The molecule has 1 aliphatic carbocycles. The lowest BCUT2D eigenvalue weighted by molar-refractivity contribution is 0.387. The van der Waals surface area contributed by atoms with Crippen LogP contribution < -0.4 is 5.48 Å². The molecule has 2 aromatic carbocycles. The van der Waals surface area contributed by atoms with E-state index in [1.807, 2.05) is 12.1 Å². The van der Waals surface area contributed by atoms with Gasteiger partial charge in [-0.25, -0.2) is 0 Å². The highest BCUT2D eigenvalue weighted by Gasteiger charge is 2.45. The summed E-state index contributed by atoms with van der Waals surface area (Å²) in [5.41, 5.74) is 8.60. The van der Waals surface area contributed by atoms with Crippen LogP contribution in [-0.2, 0) is 11.8 Å². The van der Waals surface area contributed by atoms with Crippen molar-refractivity contribution in [2.45, 2.75) is 38.5 Å². The van der Waals surface area contributed by atoms with Crippen LogP contribution in [0.3, 0.4) is 0 Å². The van der Waals surface area contributed by atoms with Crippen molar-refractivity contribution in [2.24, 2.45) is 0 Å². The van der Waals surface area contributed by atoms with Gasteiger partial charge in [0.2, 0.25) is 0 Å². The Balaban J connectivity index is 1.95. The molecule has 0 atom stereocenters. The van der Waals surface area contributed by atoms with Crippen molar-refractivity contribution in [1.82, 2.24) is 0 Å². The van der Waals surface area contributed by atoms with Crippen LogP contribution in [0, 0.1) is 13.8 Å². The van der Waals surface area contributed by atoms with E-state index in [9.17, 15) is 5.21 Å². The SMILES string of the molecule is Cc1cccc(CC2(c3cc(C)ccc3NO)CC2)c1. The Morgan fingerprint density at radius 3 is 2.45 bits per heavy atom. The molecule has 2 N–H and O–H groups in total. The maximum absolute atomic E-state index is 9.36. The average Bonchev–Trinajstić information content (AvgIpc) is 3.19. The topological polar surface area (TPSA) is 32.3 Å². The van der Waals surface area contributed by atoms with Crippen molar-refractivity contribution in [3.05, 3.63) is 64.7 Å². The van der Waals surface area contributed by atoms with Crippen LogP contribution in [-0.4, -0.2) is 5.21 Å². The monoisotopic (exact) mass is 267 g/mol. The smallest absolute Gasteiger partial charge is 0.0640 e. The van der Waals surface area contributed by atoms with Gasteiger partial charge in [-0.15, -0.1) is 0 Å². The molecule has 0 aliphatic heterocycles. The third-order valence-corrected chi connectivity index (χ3v) is 4.35. The number of rotatable bonds is 4. The van der Waals surface area contributed by atoms with Crippen molar-refractivity contribution >= 4 is 5.69 Å². The Morgan fingerprint density at radius 2 is 1.80 bits per heavy atom. The molecular formula is C18H21NO. The lowest BCUT2D eigenvalue weighted by Crippen LogP contribution is -2.13. The van der Waals surface area contributed by atoms with E-state index in [0.717, 1.165) is 12.1 Å². The molecule has 2 nitrogen and oxygen atoms in total. The van der Waals surface area contributed by atoms with Crippen LogP contribution in [0.5, 0.6) is 0 Å². The fourth-order valence-corrected chi connectivity index (χ4v) is 3.10. The highest BCUT2D eigenvalue weighted by atomic mass is 16.5. The molecule has 1 fully saturated rings. The van der Waals surface area contributed by atoms with Crippen molar-refractivity contribution in [1.29, 1.82) is 0 Å². The average molecular weight is 267 g/mol. The summed E-state index contributed by atoms with van der Waals surface area (Å²) < 4.78 is 0. The van der Waals surface area contributed by atoms with Gasteiger partial charge in [-0.2, -0.15) is 0 Å². The maximum Gasteiger partial charge on any atom is 0.0640 e. The minimum Gasteiger partial charge on any atom is -0.291 e. The Labute approximate surface area is 120 Å². The molecule has 2 heteroatoms. The van der Waals surface area contributed by atoms with Crippen LogP contribution in [0.25, 0.3) is 0 Å². The third-order valence-electron chi connectivity index (χ3n) is 4.35. The Bertz CT molecular complexity index is 629. The van der Waals surface area contributed by atoms with Gasteiger partial charge in [0, 0.05) is 5.41 Å². The van der Waals surface area contributed by atoms with Crippen LogP contribution in [0.1, 0.15) is 35.1 Å². The summed E-state index contributed by atoms with van der Waals surface area (Å²) in [4.78, 5) is 0. The summed E-state index contributed by atoms with van der Waals surface area (Å²) in [6, 6.07) is 14.9. The van der Waals surface area contributed by atoms with Gasteiger partial charge in [-0.05, 0) is 50.3 Å². The van der Waals surface area contributed by atoms with Crippen LogP contribution >= 0.6 is 0 Å². The summed E-state index contributed by atoms with van der Waals surface area (Å²) in [5.74, 6) is 0. The minimum atomic E-state index is 0.199. The second-order valence-electron chi connectivity index (χ2n) is 6.11. The number of anilines is 1. The first kappa shape index (κ1) is 13.2. The zero-order valence-electron chi connectivity index (χ0n) is 12.1. The number of hydrogen-bond acceptors (Lipinski definition) is 2. The van der Waals surface area contributed by atoms with Gasteiger partial charge < -0.3 is 0 Å². The van der Waals surface area contributed by atoms with Crippen LogP contribution in [0.2, 0.25) is 0 Å². The highest BCUT2D eigenvalue weighted by Crippen LogP contribution is 2.53. The Morgan fingerprint density at radius 1 is 1.05 bits per heavy atom. The standard InChI is InChI=1S/C18H21NO/c1-13-4-3-5-15(10-13)12-18(8-9-18)16-11-14(2)6-7-17(16)19-20/h3-7,10-11,19-20H,8-9,12H2,1-2H3. The lowest BCUT2D eigenvalue weighted by Gasteiger charge is -2.20.